The summed E-state index contributed by atoms with van der Waals surface area (Å²) in [5, 5.41) is 20.1. The van der Waals surface area contributed by atoms with E-state index in [-0.39, 0.29) is 22.0 Å². The molecule has 3 atom stereocenters. The molecule has 9 heteroatoms. The maximum atomic E-state index is 15.6. The number of carboxylic acid groups (broad SMARTS) is 1. The average molecular weight is 451 g/mol. The molecule has 0 spiro atoms. The minimum absolute atomic E-state index is 0.00850. The molecule has 0 radical (unpaired) electrons. The van der Waals surface area contributed by atoms with Crippen LogP contribution in [0.3, 0.4) is 0 Å². The second kappa shape index (κ2) is 6.93. The predicted molar refractivity (Wildman–Crippen MR) is 112 cm³/mol. The number of rotatable bonds is 3. The van der Waals surface area contributed by atoms with E-state index in [1.165, 1.54) is 17.5 Å². The summed E-state index contributed by atoms with van der Waals surface area (Å²) < 4.78 is 17.2. The number of aromatic nitrogens is 1. The van der Waals surface area contributed by atoms with Crippen LogP contribution in [0.4, 0.5) is 4.39 Å². The van der Waals surface area contributed by atoms with E-state index in [2.05, 4.69) is 0 Å². The van der Waals surface area contributed by atoms with E-state index in [9.17, 15) is 19.8 Å². The molecule has 1 fully saturated rings. The molecule has 0 saturated heterocycles. The van der Waals surface area contributed by atoms with E-state index >= 15 is 4.39 Å². The number of nitrogens with zero attached hydrogens (tertiary/aromatic N) is 1. The first-order chi connectivity index (χ1) is 14.3. The Labute approximate surface area is 179 Å². The zero-order valence-electron chi connectivity index (χ0n) is 15.9. The van der Waals surface area contributed by atoms with Gasteiger partial charge >= 0.3 is 5.97 Å². The van der Waals surface area contributed by atoms with Crippen LogP contribution in [0.2, 0.25) is 0 Å². The van der Waals surface area contributed by atoms with Gasteiger partial charge in [0.2, 0.25) is 5.43 Å². The van der Waals surface area contributed by atoms with Gasteiger partial charge in [-0.1, -0.05) is 11.6 Å². The fraction of sp³-hybridized carbons (Fsp3) is 0.429. The van der Waals surface area contributed by atoms with Gasteiger partial charge in [-0.15, -0.1) is 11.3 Å². The van der Waals surface area contributed by atoms with E-state index in [4.69, 9.17) is 17.3 Å². The van der Waals surface area contributed by atoms with Gasteiger partial charge in [0.1, 0.15) is 5.56 Å². The number of pyridine rings is 1. The zero-order chi connectivity index (χ0) is 21.3. The molecule has 2 aromatic rings. The van der Waals surface area contributed by atoms with Gasteiger partial charge in [-0.05, 0) is 43.7 Å². The predicted octanol–water partition coefficient (Wildman–Crippen LogP) is 1.86. The normalized spacial score (nSPS) is 25.8. The lowest BCUT2D eigenvalue weighted by atomic mass is 9.90. The first kappa shape index (κ1) is 19.8. The summed E-state index contributed by atoms with van der Waals surface area (Å²) in [6, 6.07) is 1.89. The summed E-state index contributed by atoms with van der Waals surface area (Å²) >= 11 is 8.06. The van der Waals surface area contributed by atoms with Crippen LogP contribution >= 0.6 is 22.9 Å². The molecule has 5 rings (SSSR count). The standard InChI is InChI=1S/C21H20ClFN2O4S/c22-15-13(12-6-8-2-1-3-11(26)20(8)30-12)16(23)17(24)14-18(15)25(9-4-5-9)7-10(19(14)27)21(28)29/h6-7,9,11,13,16,26H,1-5,24H2,(H,28,29). The Morgan fingerprint density at radius 2 is 2.07 bits per heavy atom. The lowest BCUT2D eigenvalue weighted by molar-refractivity contribution is 0.0694. The third-order valence-electron chi connectivity index (χ3n) is 6.18. The number of hydrogen-bond acceptors (Lipinski definition) is 5. The van der Waals surface area contributed by atoms with E-state index in [0.29, 0.717) is 16.6 Å². The molecule has 0 aliphatic heterocycles. The number of thiophene rings is 1. The maximum Gasteiger partial charge on any atom is 0.341 e. The Morgan fingerprint density at radius 1 is 1.33 bits per heavy atom. The fourth-order valence-electron chi connectivity index (χ4n) is 4.51. The van der Waals surface area contributed by atoms with Crippen molar-refractivity contribution in [2.45, 2.75) is 56.3 Å². The number of fused-ring (bicyclic) bond motifs is 2. The lowest BCUT2D eigenvalue weighted by Gasteiger charge is -2.26. The minimum Gasteiger partial charge on any atom is -0.477 e. The van der Waals surface area contributed by atoms with Crippen molar-refractivity contribution in [1.29, 1.82) is 0 Å². The Bertz CT molecular complexity index is 1260. The Kier molecular flexibility index (Phi) is 4.57. The third kappa shape index (κ3) is 2.85. The van der Waals surface area contributed by atoms with Crippen LogP contribution in [0.1, 0.15) is 69.4 Å². The van der Waals surface area contributed by atoms with Crippen molar-refractivity contribution in [2.75, 3.05) is 0 Å². The summed E-state index contributed by atoms with van der Waals surface area (Å²) in [7, 11) is 0. The smallest absolute Gasteiger partial charge is 0.341 e. The molecule has 3 unspecified atom stereocenters. The third-order valence-corrected chi connectivity index (χ3v) is 7.95. The number of alkyl halides is 1. The maximum absolute atomic E-state index is 15.6. The molecule has 0 bridgehead atoms. The number of carbonyl (C=O) groups is 1. The van der Waals surface area contributed by atoms with E-state index in [1.54, 1.807) is 4.57 Å². The number of halogens is 2. The molecular weight excluding hydrogens is 431 g/mol. The minimum atomic E-state index is -1.76. The second-order valence-corrected chi connectivity index (χ2v) is 9.69. The first-order valence-electron chi connectivity index (χ1n) is 9.92. The molecule has 158 valence electrons. The van der Waals surface area contributed by atoms with E-state index in [1.807, 2.05) is 6.07 Å². The fourth-order valence-corrected chi connectivity index (χ4v) is 6.36. The van der Waals surface area contributed by atoms with Crippen molar-refractivity contribution in [3.8, 4) is 0 Å². The van der Waals surface area contributed by atoms with Gasteiger partial charge in [-0.25, -0.2) is 9.18 Å². The monoisotopic (exact) mass is 450 g/mol. The average Bonchev–Trinajstić information content (AvgIpc) is 3.45. The van der Waals surface area contributed by atoms with Gasteiger partial charge in [0.25, 0.3) is 0 Å². The highest BCUT2D eigenvalue weighted by molar-refractivity contribution is 7.12. The van der Waals surface area contributed by atoms with Gasteiger partial charge in [0.05, 0.1) is 33.3 Å². The SMILES string of the molecule is NC1=c2c(=O)c(C(=O)O)cn(C3CC3)c2=C(Cl)C(c2cc3c(s2)C(O)CCC3)C1F. The molecule has 3 aliphatic carbocycles. The molecule has 4 N–H and O–H groups in total. The van der Waals surface area contributed by atoms with Crippen molar-refractivity contribution in [3.05, 3.63) is 53.9 Å². The molecule has 0 aromatic carbocycles. The number of hydrogen-bond donors (Lipinski definition) is 3. The van der Waals surface area contributed by atoms with E-state index < -0.39 is 35.2 Å². The molecule has 0 amide bonds. The Morgan fingerprint density at radius 3 is 2.70 bits per heavy atom. The molecule has 1 saturated carbocycles. The highest BCUT2D eigenvalue weighted by Gasteiger charge is 2.38. The first-order valence-corrected chi connectivity index (χ1v) is 11.1. The summed E-state index contributed by atoms with van der Waals surface area (Å²) in [5.41, 5.74) is 5.57. The number of aliphatic hydroxyl groups excluding tert-OH is 1. The second-order valence-electron chi connectivity index (χ2n) is 8.17. The van der Waals surface area contributed by atoms with Crippen LogP contribution in [-0.2, 0) is 6.42 Å². The van der Waals surface area contributed by atoms with Crippen LogP contribution in [0.25, 0.3) is 10.7 Å². The quantitative estimate of drug-likeness (QED) is 0.662. The van der Waals surface area contributed by atoms with Crippen LogP contribution < -0.4 is 21.7 Å². The topological polar surface area (TPSA) is 106 Å². The lowest BCUT2D eigenvalue weighted by Crippen LogP contribution is -2.55. The highest BCUT2D eigenvalue weighted by Crippen LogP contribution is 2.45. The van der Waals surface area contributed by atoms with Gasteiger partial charge < -0.3 is 20.5 Å². The number of carboxylic acids is 1. The van der Waals surface area contributed by atoms with Crippen molar-refractivity contribution >= 4 is 39.6 Å². The number of aryl methyl sites for hydroxylation is 1. The largest absolute Gasteiger partial charge is 0.477 e. The van der Waals surface area contributed by atoms with E-state index in [0.717, 1.165) is 36.1 Å². The number of nitrogens with two attached hydrogens (primary N) is 1. The van der Waals surface area contributed by atoms with Gasteiger partial charge in [-0.2, -0.15) is 0 Å². The van der Waals surface area contributed by atoms with Crippen molar-refractivity contribution in [1.82, 2.24) is 4.57 Å². The van der Waals surface area contributed by atoms with Gasteiger partial charge in [-0.3, -0.25) is 4.79 Å². The van der Waals surface area contributed by atoms with Crippen LogP contribution in [-0.4, -0.2) is 26.9 Å². The summed E-state index contributed by atoms with van der Waals surface area (Å²) in [5.74, 6) is -2.26. The van der Waals surface area contributed by atoms with Gasteiger partial charge in [0.15, 0.2) is 6.17 Å². The molecule has 2 heterocycles. The number of aliphatic hydroxyl groups is 1. The van der Waals surface area contributed by atoms with Crippen molar-refractivity contribution in [2.24, 2.45) is 5.73 Å². The van der Waals surface area contributed by atoms with Crippen LogP contribution in [0.5, 0.6) is 0 Å². The highest BCUT2D eigenvalue weighted by atomic mass is 35.5. The van der Waals surface area contributed by atoms with Crippen LogP contribution in [0, 0.1) is 0 Å². The van der Waals surface area contributed by atoms with Gasteiger partial charge in [0, 0.05) is 22.0 Å². The van der Waals surface area contributed by atoms with Crippen molar-refractivity contribution in [3.63, 3.8) is 0 Å². The van der Waals surface area contributed by atoms with Crippen LogP contribution in [0.15, 0.2) is 17.1 Å². The summed E-state index contributed by atoms with van der Waals surface area (Å²) in [4.78, 5) is 25.9. The Balaban J connectivity index is 1.80. The summed E-state index contributed by atoms with van der Waals surface area (Å²) in [6.07, 6.45) is 2.97. The molecule has 3 aliphatic rings. The van der Waals surface area contributed by atoms with Crippen molar-refractivity contribution < 1.29 is 19.4 Å². The number of aromatic carboxylic acids is 1. The summed E-state index contributed by atoms with van der Waals surface area (Å²) in [6.45, 7) is 0. The Hall–Kier alpha value is -2.16. The zero-order valence-corrected chi connectivity index (χ0v) is 17.5. The molecule has 30 heavy (non-hydrogen) atoms. The molecule has 2 aromatic heterocycles. The molecule has 6 nitrogen and oxygen atoms in total. The molecular formula is C21H20ClFN2O4S.